The predicted molar refractivity (Wildman–Crippen MR) is 97.0 cm³/mol. The summed E-state index contributed by atoms with van der Waals surface area (Å²) < 4.78 is 59.3. The molecule has 0 heterocycles. The highest BCUT2D eigenvalue weighted by Crippen LogP contribution is 2.27. The van der Waals surface area contributed by atoms with Gasteiger partial charge in [0.1, 0.15) is 11.5 Å². The van der Waals surface area contributed by atoms with Crippen molar-refractivity contribution >= 4 is 26.3 Å². The Balaban J connectivity index is 5.20. The van der Waals surface area contributed by atoms with E-state index in [2.05, 4.69) is 10.9 Å². The van der Waals surface area contributed by atoms with Gasteiger partial charge in [-0.1, -0.05) is 13.8 Å². The normalized spacial score (nSPS) is 14.3. The summed E-state index contributed by atoms with van der Waals surface area (Å²) in [5.41, 5.74) is -1.41. The third kappa shape index (κ3) is 15.1. The number of hydrogen-bond donors (Lipinski definition) is 0. The van der Waals surface area contributed by atoms with Gasteiger partial charge in [0.05, 0.1) is 30.6 Å². The van der Waals surface area contributed by atoms with Crippen LogP contribution < -0.4 is 0 Å². The molecule has 11 heteroatoms. The highest BCUT2D eigenvalue weighted by Gasteiger charge is 2.30. The molecule has 0 aliphatic rings. The van der Waals surface area contributed by atoms with E-state index in [1.165, 1.54) is 0 Å². The molecule has 0 aliphatic carbocycles. The third-order valence-corrected chi connectivity index (χ3v) is 3.79. The molecule has 26 heavy (non-hydrogen) atoms. The van der Waals surface area contributed by atoms with Crippen molar-refractivity contribution in [2.45, 2.75) is 46.6 Å². The second-order valence-corrected chi connectivity index (χ2v) is 11.0. The quantitative estimate of drug-likeness (QED) is 0.555. The molecule has 0 radical (unpaired) electrons. The molecule has 0 fully saturated rings. The fourth-order valence-corrected chi connectivity index (χ4v) is 2.71. The zero-order valence-electron chi connectivity index (χ0n) is 16.2. The zero-order valence-corrected chi connectivity index (χ0v) is 17.9. The Morgan fingerprint density at radius 3 is 1.92 bits per heavy atom. The predicted octanol–water partition coefficient (Wildman–Crippen LogP) is 2.24. The summed E-state index contributed by atoms with van der Waals surface area (Å²) in [4.78, 5) is 15.2. The largest absolute Gasteiger partial charge is 0.728 e. The lowest BCUT2D eigenvalue weighted by atomic mass is 9.84. The van der Waals surface area contributed by atoms with Crippen molar-refractivity contribution in [1.82, 2.24) is 0 Å². The molecule has 1 unspecified atom stereocenters. The maximum absolute atomic E-state index is 11.7. The van der Waals surface area contributed by atoms with Crippen molar-refractivity contribution in [3.05, 3.63) is 4.85 Å². The highest BCUT2D eigenvalue weighted by molar-refractivity contribution is 7.86. The van der Waals surface area contributed by atoms with E-state index in [4.69, 9.17) is 13.1 Å². The molecule has 0 saturated heterocycles. The molecule has 152 valence electrons. The average Bonchev–Trinajstić information content (AvgIpc) is 2.36. The summed E-state index contributed by atoms with van der Waals surface area (Å²) in [7, 11) is -7.32. The first-order chi connectivity index (χ1) is 11.4. The number of nitrogens with zero attached hydrogens (tertiary/aromatic N) is 1. The van der Waals surface area contributed by atoms with Gasteiger partial charge in [-0.15, -0.1) is 0 Å². The molecule has 9 nitrogen and oxygen atoms in total. The Morgan fingerprint density at radius 2 is 1.50 bits per heavy atom. The van der Waals surface area contributed by atoms with Crippen molar-refractivity contribution < 1.29 is 34.7 Å². The first kappa shape index (κ1) is 24.8. The van der Waals surface area contributed by atoms with Crippen LogP contribution in [0.1, 0.15) is 41.0 Å². The molecule has 0 N–H and O–H groups in total. The van der Waals surface area contributed by atoms with Crippen molar-refractivity contribution in [2.24, 2.45) is 11.3 Å². The summed E-state index contributed by atoms with van der Waals surface area (Å²) >= 11 is 0. The zero-order chi connectivity index (χ0) is 20.8. The topological polar surface area (TPSA) is 117 Å². The Labute approximate surface area is 156 Å². The summed E-state index contributed by atoms with van der Waals surface area (Å²) in [5.74, 6) is -0.699. The highest BCUT2D eigenvalue weighted by atomic mass is 32.2. The SMILES string of the molecule is CC(C)(COS(C)(=O)=O)CC(C#[N+]C(=O)OC(C)(C)C)COS(C)(=O)=O. The van der Waals surface area contributed by atoms with E-state index in [0.29, 0.717) is 0 Å². The van der Waals surface area contributed by atoms with Crippen molar-refractivity contribution in [1.29, 1.82) is 0 Å². The first-order valence-corrected chi connectivity index (χ1v) is 11.4. The smallest absolute Gasteiger partial charge is 0.392 e. The molecule has 1 atom stereocenters. The van der Waals surface area contributed by atoms with Crippen molar-refractivity contribution in [3.8, 4) is 6.07 Å². The second-order valence-electron chi connectivity index (χ2n) is 7.74. The van der Waals surface area contributed by atoms with E-state index in [1.54, 1.807) is 34.6 Å². The van der Waals surface area contributed by atoms with E-state index >= 15 is 0 Å². The number of ether oxygens (including phenoxy) is 1. The van der Waals surface area contributed by atoms with Crippen LogP contribution in [0, 0.1) is 17.4 Å². The molecular weight excluding hydrogens is 386 g/mol. The lowest BCUT2D eigenvalue weighted by Gasteiger charge is -2.24. The molecule has 1 amide bonds. The van der Waals surface area contributed by atoms with Crippen LogP contribution in [0.2, 0.25) is 0 Å². The number of hydrogen-bond acceptors (Lipinski definition) is 8. The maximum atomic E-state index is 11.7. The van der Waals surface area contributed by atoms with Gasteiger partial charge >= 0.3 is 6.09 Å². The minimum absolute atomic E-state index is 0.130. The summed E-state index contributed by atoms with van der Waals surface area (Å²) in [5, 5.41) is 0. The van der Waals surface area contributed by atoms with Crippen LogP contribution in [0.25, 0.3) is 4.85 Å². The van der Waals surface area contributed by atoms with Gasteiger partial charge in [0.15, 0.2) is 0 Å². The minimum Gasteiger partial charge on any atom is -0.392 e. The molecular formula is C15H28NO8S2+. The molecule has 0 aromatic rings. The summed E-state index contributed by atoms with van der Waals surface area (Å²) in [6.45, 7) is 8.05. The summed E-state index contributed by atoms with van der Waals surface area (Å²) in [6.07, 6.45) is 1.17. The standard InChI is InChI=1S/C15H28NO8S2/c1-14(2,3)24-13(17)16-9-12(10-22-25(6,18)19)8-15(4,5)11-23-26(7,20)21/h12H,8,10-11H2,1-7H3/q+1. The van der Waals surface area contributed by atoms with Crippen LogP contribution in [0.3, 0.4) is 0 Å². The maximum Gasteiger partial charge on any atom is 0.728 e. The van der Waals surface area contributed by atoms with Crippen LogP contribution >= 0.6 is 0 Å². The Kier molecular flexibility index (Phi) is 8.69. The molecule has 0 aromatic carbocycles. The molecule has 0 saturated carbocycles. The Hall–Kier alpha value is -1.22. The first-order valence-electron chi connectivity index (χ1n) is 7.77. The van der Waals surface area contributed by atoms with E-state index in [-0.39, 0.29) is 19.6 Å². The molecule has 0 bridgehead atoms. The van der Waals surface area contributed by atoms with Crippen LogP contribution in [0.4, 0.5) is 4.79 Å². The fraction of sp³-hybridized carbons (Fsp3) is 0.867. The van der Waals surface area contributed by atoms with E-state index in [0.717, 1.165) is 12.5 Å². The summed E-state index contributed by atoms with van der Waals surface area (Å²) in [6, 6.07) is 2.52. The second kappa shape index (κ2) is 9.12. The van der Waals surface area contributed by atoms with Gasteiger partial charge in [0, 0.05) is 0 Å². The lowest BCUT2D eigenvalue weighted by Crippen LogP contribution is -2.26. The molecule has 0 rings (SSSR count). The van der Waals surface area contributed by atoms with Crippen LogP contribution in [-0.2, 0) is 33.3 Å². The van der Waals surface area contributed by atoms with Crippen molar-refractivity contribution in [3.63, 3.8) is 0 Å². The lowest BCUT2D eigenvalue weighted by molar-refractivity contribution is 0.0663. The molecule has 0 aromatic heterocycles. The minimum atomic E-state index is -3.70. The van der Waals surface area contributed by atoms with Crippen molar-refractivity contribution in [2.75, 3.05) is 25.7 Å². The van der Waals surface area contributed by atoms with Crippen LogP contribution in [0.15, 0.2) is 0 Å². The average molecular weight is 415 g/mol. The molecule has 0 aliphatic heterocycles. The number of carbonyl (C=O) groups excluding carboxylic acids is 1. The van der Waals surface area contributed by atoms with Gasteiger partial charge in [-0.3, -0.25) is 8.37 Å². The van der Waals surface area contributed by atoms with Crippen LogP contribution in [0.5, 0.6) is 0 Å². The Bertz CT molecular complexity index is 752. The van der Waals surface area contributed by atoms with Gasteiger partial charge in [0.2, 0.25) is 0 Å². The number of rotatable bonds is 8. The number of carbonyl (C=O) groups is 1. The van der Waals surface area contributed by atoms with Gasteiger partial charge in [-0.2, -0.15) is 21.6 Å². The van der Waals surface area contributed by atoms with Gasteiger partial charge < -0.3 is 4.74 Å². The fourth-order valence-electron chi connectivity index (χ4n) is 1.77. The van der Waals surface area contributed by atoms with Gasteiger partial charge in [-0.05, 0) is 32.6 Å². The van der Waals surface area contributed by atoms with E-state index < -0.39 is 43.3 Å². The van der Waals surface area contributed by atoms with Crippen LogP contribution in [-0.4, -0.2) is 54.3 Å². The van der Waals surface area contributed by atoms with E-state index in [1.807, 2.05) is 0 Å². The van der Waals surface area contributed by atoms with E-state index in [9.17, 15) is 21.6 Å². The van der Waals surface area contributed by atoms with Gasteiger partial charge in [-0.25, -0.2) is 0 Å². The van der Waals surface area contributed by atoms with Gasteiger partial charge in [0.25, 0.3) is 26.3 Å². The third-order valence-electron chi connectivity index (χ3n) is 2.68. The molecule has 0 spiro atoms. The number of amides is 1. The Morgan fingerprint density at radius 1 is 1.00 bits per heavy atom. The monoisotopic (exact) mass is 414 g/mol.